The molecule has 2 rings (SSSR count). The number of hydrogen-bond acceptors (Lipinski definition) is 5. The standard InChI is InChI=1S/C13H18N2O5S/c1-2-20-10-3-5-11(6-4-10)21(18,19)15-8-7-14-9-12(15)13(16)17/h3-6,12,14H,2,7-9H2,1H3,(H,16,17). The molecule has 0 aliphatic carbocycles. The highest BCUT2D eigenvalue weighted by Crippen LogP contribution is 2.22. The number of benzene rings is 1. The summed E-state index contributed by atoms with van der Waals surface area (Å²) in [7, 11) is -3.83. The Morgan fingerprint density at radius 1 is 1.43 bits per heavy atom. The lowest BCUT2D eigenvalue weighted by Gasteiger charge is -2.32. The number of aliphatic carboxylic acids is 1. The summed E-state index contributed by atoms with van der Waals surface area (Å²) in [4.78, 5) is 11.3. The highest BCUT2D eigenvalue weighted by Gasteiger charge is 2.37. The lowest BCUT2D eigenvalue weighted by Crippen LogP contribution is -2.56. The summed E-state index contributed by atoms with van der Waals surface area (Å²) in [5.74, 6) is -0.580. The zero-order valence-corrected chi connectivity index (χ0v) is 12.5. The highest BCUT2D eigenvalue weighted by molar-refractivity contribution is 7.89. The lowest BCUT2D eigenvalue weighted by molar-refractivity contribution is -0.141. The molecule has 0 aromatic heterocycles. The Balaban J connectivity index is 2.29. The Morgan fingerprint density at radius 2 is 2.10 bits per heavy atom. The molecule has 0 amide bonds. The van der Waals surface area contributed by atoms with Crippen LogP contribution in [0.1, 0.15) is 6.92 Å². The summed E-state index contributed by atoms with van der Waals surface area (Å²) in [6.07, 6.45) is 0. The third-order valence-corrected chi connectivity index (χ3v) is 5.14. The SMILES string of the molecule is CCOc1ccc(S(=O)(=O)N2CCNCC2C(=O)O)cc1. The van der Waals surface area contributed by atoms with Crippen molar-refractivity contribution in [2.75, 3.05) is 26.2 Å². The van der Waals surface area contributed by atoms with Gasteiger partial charge in [-0.1, -0.05) is 0 Å². The molecule has 0 spiro atoms. The molecule has 21 heavy (non-hydrogen) atoms. The van der Waals surface area contributed by atoms with Gasteiger partial charge >= 0.3 is 5.97 Å². The van der Waals surface area contributed by atoms with E-state index in [0.717, 1.165) is 4.31 Å². The minimum atomic E-state index is -3.83. The molecule has 1 unspecified atom stereocenters. The molecule has 8 heteroatoms. The zero-order chi connectivity index (χ0) is 15.5. The molecule has 1 saturated heterocycles. The van der Waals surface area contributed by atoms with E-state index >= 15 is 0 Å². The summed E-state index contributed by atoms with van der Waals surface area (Å²) < 4.78 is 31.4. The van der Waals surface area contributed by atoms with Crippen molar-refractivity contribution in [1.29, 1.82) is 0 Å². The second-order valence-corrected chi connectivity index (χ2v) is 6.47. The predicted molar refractivity (Wildman–Crippen MR) is 75.8 cm³/mol. The van der Waals surface area contributed by atoms with E-state index in [-0.39, 0.29) is 18.0 Å². The van der Waals surface area contributed by atoms with Gasteiger partial charge in [-0.2, -0.15) is 4.31 Å². The van der Waals surface area contributed by atoms with Crippen LogP contribution in [-0.4, -0.2) is 56.1 Å². The molecule has 7 nitrogen and oxygen atoms in total. The van der Waals surface area contributed by atoms with Crippen LogP contribution in [0.25, 0.3) is 0 Å². The van der Waals surface area contributed by atoms with Crippen LogP contribution in [-0.2, 0) is 14.8 Å². The van der Waals surface area contributed by atoms with E-state index in [1.54, 1.807) is 12.1 Å². The first kappa shape index (κ1) is 15.7. The van der Waals surface area contributed by atoms with Gasteiger partial charge in [-0.05, 0) is 31.2 Å². The summed E-state index contributed by atoms with van der Waals surface area (Å²) in [6, 6.07) is 4.90. The van der Waals surface area contributed by atoms with Gasteiger partial charge in [0, 0.05) is 19.6 Å². The molecule has 1 aromatic carbocycles. The Labute approximate surface area is 123 Å². The molecule has 1 atom stereocenters. The van der Waals surface area contributed by atoms with E-state index in [0.29, 0.717) is 18.9 Å². The van der Waals surface area contributed by atoms with Crippen LogP contribution in [0.15, 0.2) is 29.2 Å². The van der Waals surface area contributed by atoms with E-state index in [1.807, 2.05) is 6.92 Å². The molecule has 0 saturated carbocycles. The number of hydrogen-bond donors (Lipinski definition) is 2. The molecule has 1 fully saturated rings. The minimum absolute atomic E-state index is 0.0686. The summed E-state index contributed by atoms with van der Waals surface area (Å²) in [5.41, 5.74) is 0. The van der Waals surface area contributed by atoms with Gasteiger partial charge < -0.3 is 15.2 Å². The maximum absolute atomic E-state index is 12.6. The van der Waals surface area contributed by atoms with Gasteiger partial charge in [-0.15, -0.1) is 0 Å². The van der Waals surface area contributed by atoms with Crippen LogP contribution in [0.5, 0.6) is 5.75 Å². The molecular weight excluding hydrogens is 296 g/mol. The highest BCUT2D eigenvalue weighted by atomic mass is 32.2. The number of ether oxygens (including phenoxy) is 1. The number of carboxylic acids is 1. The monoisotopic (exact) mass is 314 g/mol. The molecule has 2 N–H and O–H groups in total. The molecule has 1 aliphatic rings. The van der Waals surface area contributed by atoms with Gasteiger partial charge in [-0.3, -0.25) is 4.79 Å². The van der Waals surface area contributed by atoms with Crippen molar-refractivity contribution in [3.05, 3.63) is 24.3 Å². The molecular formula is C13H18N2O5S. The van der Waals surface area contributed by atoms with Crippen molar-refractivity contribution in [3.8, 4) is 5.75 Å². The van der Waals surface area contributed by atoms with Gasteiger partial charge in [0.1, 0.15) is 11.8 Å². The molecule has 1 heterocycles. The van der Waals surface area contributed by atoms with Gasteiger partial charge in [-0.25, -0.2) is 8.42 Å². The number of sulfonamides is 1. The Morgan fingerprint density at radius 3 is 2.67 bits per heavy atom. The molecule has 1 aromatic rings. The molecule has 1 aliphatic heterocycles. The van der Waals surface area contributed by atoms with Gasteiger partial charge in [0.2, 0.25) is 10.0 Å². The molecule has 116 valence electrons. The van der Waals surface area contributed by atoms with Crippen LogP contribution < -0.4 is 10.1 Å². The van der Waals surface area contributed by atoms with E-state index in [9.17, 15) is 13.2 Å². The van der Waals surface area contributed by atoms with Crippen molar-refractivity contribution >= 4 is 16.0 Å². The number of carboxylic acid groups (broad SMARTS) is 1. The van der Waals surface area contributed by atoms with Crippen molar-refractivity contribution in [1.82, 2.24) is 9.62 Å². The summed E-state index contributed by atoms with van der Waals surface area (Å²) >= 11 is 0. The van der Waals surface area contributed by atoms with Crippen LogP contribution in [0.4, 0.5) is 0 Å². The van der Waals surface area contributed by atoms with Gasteiger partial charge in [0.05, 0.1) is 11.5 Å². The molecule has 0 radical (unpaired) electrons. The second kappa shape index (κ2) is 6.42. The number of nitrogens with one attached hydrogen (secondary N) is 1. The number of nitrogens with zero attached hydrogens (tertiary/aromatic N) is 1. The maximum Gasteiger partial charge on any atom is 0.323 e. The number of rotatable bonds is 5. The number of carbonyl (C=O) groups is 1. The normalized spacial score (nSPS) is 20.1. The quantitative estimate of drug-likeness (QED) is 0.802. The topological polar surface area (TPSA) is 95.9 Å². The maximum atomic E-state index is 12.6. The Bertz CT molecular complexity index is 599. The van der Waals surface area contributed by atoms with Crippen molar-refractivity contribution in [2.24, 2.45) is 0 Å². The van der Waals surface area contributed by atoms with Crippen molar-refractivity contribution in [2.45, 2.75) is 17.9 Å². The van der Waals surface area contributed by atoms with Crippen LogP contribution in [0.3, 0.4) is 0 Å². The first-order chi connectivity index (χ1) is 9.96. The Kier molecular flexibility index (Phi) is 4.81. The lowest BCUT2D eigenvalue weighted by atomic mass is 10.2. The second-order valence-electron chi connectivity index (χ2n) is 4.58. The average Bonchev–Trinajstić information content (AvgIpc) is 2.48. The zero-order valence-electron chi connectivity index (χ0n) is 11.7. The summed E-state index contributed by atoms with van der Waals surface area (Å²) in [5, 5.41) is 12.1. The van der Waals surface area contributed by atoms with E-state index < -0.39 is 22.0 Å². The first-order valence-corrected chi connectivity index (χ1v) is 8.09. The summed E-state index contributed by atoms with van der Waals surface area (Å²) in [6.45, 7) is 2.99. The van der Waals surface area contributed by atoms with E-state index in [1.165, 1.54) is 12.1 Å². The fourth-order valence-corrected chi connectivity index (χ4v) is 3.78. The van der Waals surface area contributed by atoms with E-state index in [4.69, 9.17) is 9.84 Å². The van der Waals surface area contributed by atoms with Gasteiger partial charge in [0.15, 0.2) is 0 Å². The molecule has 0 bridgehead atoms. The Hall–Kier alpha value is -1.64. The first-order valence-electron chi connectivity index (χ1n) is 6.65. The van der Waals surface area contributed by atoms with Crippen LogP contribution in [0, 0.1) is 0 Å². The van der Waals surface area contributed by atoms with Gasteiger partial charge in [0.25, 0.3) is 0 Å². The van der Waals surface area contributed by atoms with Crippen LogP contribution in [0.2, 0.25) is 0 Å². The fourth-order valence-electron chi connectivity index (χ4n) is 2.19. The third-order valence-electron chi connectivity index (χ3n) is 3.22. The minimum Gasteiger partial charge on any atom is -0.494 e. The average molecular weight is 314 g/mol. The smallest absolute Gasteiger partial charge is 0.323 e. The van der Waals surface area contributed by atoms with E-state index in [2.05, 4.69) is 5.32 Å². The van der Waals surface area contributed by atoms with Crippen molar-refractivity contribution < 1.29 is 23.1 Å². The fraction of sp³-hybridized carbons (Fsp3) is 0.462. The number of piperazine rings is 1. The van der Waals surface area contributed by atoms with Crippen LogP contribution >= 0.6 is 0 Å². The predicted octanol–water partition coefficient (Wildman–Crippen LogP) is 0.132. The van der Waals surface area contributed by atoms with Crippen molar-refractivity contribution in [3.63, 3.8) is 0 Å². The largest absolute Gasteiger partial charge is 0.494 e. The third kappa shape index (κ3) is 3.34.